The molecular weight excluding hydrogens is 210 g/mol. The van der Waals surface area contributed by atoms with Crippen molar-refractivity contribution in [2.45, 2.75) is 12.5 Å². The zero-order chi connectivity index (χ0) is 12.0. The minimum absolute atomic E-state index is 0.290. The van der Waals surface area contributed by atoms with Gasteiger partial charge in [0.2, 0.25) is 0 Å². The molecule has 1 aromatic rings. The van der Waals surface area contributed by atoms with Crippen molar-refractivity contribution in [3.63, 3.8) is 0 Å². The van der Waals surface area contributed by atoms with Crippen LogP contribution in [-0.4, -0.2) is 29.7 Å². The molecule has 16 heavy (non-hydrogen) atoms. The summed E-state index contributed by atoms with van der Waals surface area (Å²) < 4.78 is 4.28. The van der Waals surface area contributed by atoms with Crippen molar-refractivity contribution in [3.05, 3.63) is 35.9 Å². The number of hydrogen-bond donors (Lipinski definition) is 2. The number of carbonyl (C=O) groups is 2. The number of esters is 2. The first-order valence-electron chi connectivity index (χ1n) is 4.78. The number of rotatable bonds is 4. The molecule has 0 aliphatic carbocycles. The van der Waals surface area contributed by atoms with Crippen LogP contribution in [0.4, 0.5) is 0 Å². The number of hydrogen-bond acceptors (Lipinski definition) is 5. The van der Waals surface area contributed by atoms with Gasteiger partial charge in [-0.15, -0.1) is 0 Å². The van der Waals surface area contributed by atoms with Gasteiger partial charge in [0, 0.05) is 0 Å². The average Bonchev–Trinajstić information content (AvgIpc) is 2.30. The maximum absolute atomic E-state index is 11.2. The van der Waals surface area contributed by atoms with Gasteiger partial charge in [-0.1, -0.05) is 30.3 Å². The Labute approximate surface area is 92.8 Å². The fraction of sp³-hybridized carbons (Fsp3) is 0.273. The Morgan fingerprint density at radius 2 is 1.94 bits per heavy atom. The van der Waals surface area contributed by atoms with E-state index in [4.69, 9.17) is 10.8 Å². The third kappa shape index (κ3) is 3.80. The molecule has 1 atom stereocenters. The van der Waals surface area contributed by atoms with E-state index in [1.54, 1.807) is 0 Å². The molecule has 0 aliphatic rings. The Kier molecular flexibility index (Phi) is 4.63. The molecule has 0 aliphatic heterocycles. The van der Waals surface area contributed by atoms with Crippen LogP contribution in [-0.2, 0) is 20.7 Å². The van der Waals surface area contributed by atoms with Gasteiger partial charge in [0.15, 0.2) is 0 Å². The second-order valence-corrected chi connectivity index (χ2v) is 3.25. The van der Waals surface area contributed by atoms with Crippen molar-refractivity contribution in [2.75, 3.05) is 6.61 Å². The van der Waals surface area contributed by atoms with Crippen molar-refractivity contribution < 1.29 is 19.4 Å². The molecule has 3 N–H and O–H groups in total. The summed E-state index contributed by atoms with van der Waals surface area (Å²) in [6, 6.07) is 8.24. The fourth-order valence-corrected chi connectivity index (χ4v) is 1.17. The van der Waals surface area contributed by atoms with E-state index >= 15 is 0 Å². The van der Waals surface area contributed by atoms with Gasteiger partial charge in [-0.05, 0) is 12.0 Å². The van der Waals surface area contributed by atoms with Gasteiger partial charge in [0.1, 0.15) is 12.6 Å². The largest absolute Gasteiger partial charge is 0.390 e. The molecule has 0 spiro atoms. The van der Waals surface area contributed by atoms with E-state index in [2.05, 4.69) is 4.74 Å². The third-order valence-electron chi connectivity index (χ3n) is 1.94. The predicted molar refractivity (Wildman–Crippen MR) is 56.3 cm³/mol. The third-order valence-corrected chi connectivity index (χ3v) is 1.94. The van der Waals surface area contributed by atoms with Crippen LogP contribution in [0.1, 0.15) is 5.56 Å². The molecule has 0 bridgehead atoms. The van der Waals surface area contributed by atoms with Crippen molar-refractivity contribution in [1.82, 2.24) is 0 Å². The first-order chi connectivity index (χ1) is 7.63. The summed E-state index contributed by atoms with van der Waals surface area (Å²) in [4.78, 5) is 21.9. The molecule has 0 fully saturated rings. The molecule has 86 valence electrons. The van der Waals surface area contributed by atoms with Crippen LogP contribution in [0.5, 0.6) is 0 Å². The van der Waals surface area contributed by atoms with Gasteiger partial charge in [0.05, 0.1) is 0 Å². The van der Waals surface area contributed by atoms with E-state index in [0.717, 1.165) is 5.56 Å². The summed E-state index contributed by atoms with van der Waals surface area (Å²) in [6.45, 7) is -0.830. The summed E-state index contributed by atoms with van der Waals surface area (Å²) in [5.41, 5.74) is 6.42. The molecule has 1 aromatic carbocycles. The predicted octanol–water partition coefficient (Wildman–Crippen LogP) is -0.381. The molecule has 0 saturated heterocycles. The molecule has 5 nitrogen and oxygen atoms in total. The van der Waals surface area contributed by atoms with Crippen LogP contribution >= 0.6 is 0 Å². The normalized spacial score (nSPS) is 11.9. The highest BCUT2D eigenvalue weighted by atomic mass is 16.6. The lowest BCUT2D eigenvalue weighted by Crippen LogP contribution is -2.36. The average molecular weight is 223 g/mol. The SMILES string of the molecule is NC(Cc1ccccc1)C(=O)OC(=O)CO. The van der Waals surface area contributed by atoms with Gasteiger partial charge >= 0.3 is 11.9 Å². The van der Waals surface area contributed by atoms with Crippen molar-refractivity contribution in [3.8, 4) is 0 Å². The highest BCUT2D eigenvalue weighted by Crippen LogP contribution is 2.02. The quantitative estimate of drug-likeness (QED) is 0.536. The maximum Gasteiger partial charge on any atom is 0.339 e. The van der Waals surface area contributed by atoms with E-state index in [9.17, 15) is 9.59 Å². The molecule has 0 heterocycles. The zero-order valence-corrected chi connectivity index (χ0v) is 8.63. The van der Waals surface area contributed by atoms with Gasteiger partial charge in [0.25, 0.3) is 0 Å². The van der Waals surface area contributed by atoms with Gasteiger partial charge in [-0.25, -0.2) is 9.59 Å². The van der Waals surface area contributed by atoms with E-state index in [0.29, 0.717) is 6.42 Å². The highest BCUT2D eigenvalue weighted by Gasteiger charge is 2.18. The molecule has 0 aromatic heterocycles. The molecule has 0 amide bonds. The molecule has 0 saturated carbocycles. The van der Waals surface area contributed by atoms with Gasteiger partial charge < -0.3 is 15.6 Å². The minimum Gasteiger partial charge on any atom is -0.390 e. The van der Waals surface area contributed by atoms with Crippen LogP contribution in [0.2, 0.25) is 0 Å². The number of nitrogens with two attached hydrogens (primary N) is 1. The zero-order valence-electron chi connectivity index (χ0n) is 8.63. The molecule has 1 rings (SSSR count). The number of aliphatic hydroxyl groups is 1. The van der Waals surface area contributed by atoms with Crippen molar-refractivity contribution in [2.24, 2.45) is 5.73 Å². The van der Waals surface area contributed by atoms with E-state index in [-0.39, 0.29) is 0 Å². The summed E-state index contributed by atoms with van der Waals surface area (Å²) in [6.07, 6.45) is 0.290. The first-order valence-corrected chi connectivity index (χ1v) is 4.78. The summed E-state index contributed by atoms with van der Waals surface area (Å²) >= 11 is 0. The second-order valence-electron chi connectivity index (χ2n) is 3.25. The first kappa shape index (κ1) is 12.4. The topological polar surface area (TPSA) is 89.6 Å². The smallest absolute Gasteiger partial charge is 0.339 e. The number of carbonyl (C=O) groups excluding carboxylic acids is 2. The summed E-state index contributed by atoms with van der Waals surface area (Å²) in [5, 5.41) is 8.39. The van der Waals surface area contributed by atoms with Crippen LogP contribution in [0, 0.1) is 0 Å². The maximum atomic E-state index is 11.2. The second kappa shape index (κ2) is 5.99. The lowest BCUT2D eigenvalue weighted by Gasteiger charge is -2.09. The number of aliphatic hydroxyl groups excluding tert-OH is 1. The lowest BCUT2D eigenvalue weighted by atomic mass is 10.1. The van der Waals surface area contributed by atoms with E-state index in [1.165, 1.54) is 0 Å². The van der Waals surface area contributed by atoms with Crippen molar-refractivity contribution >= 4 is 11.9 Å². The van der Waals surface area contributed by atoms with Crippen molar-refractivity contribution in [1.29, 1.82) is 0 Å². The fourth-order valence-electron chi connectivity index (χ4n) is 1.17. The molecule has 0 radical (unpaired) electrons. The molecule has 5 heteroatoms. The summed E-state index contributed by atoms with van der Waals surface area (Å²) in [7, 11) is 0. The Bertz CT molecular complexity index is 364. The Morgan fingerprint density at radius 1 is 1.31 bits per heavy atom. The van der Waals surface area contributed by atoms with Crippen LogP contribution in [0.15, 0.2) is 30.3 Å². The minimum atomic E-state index is -0.992. The van der Waals surface area contributed by atoms with Crippen LogP contribution < -0.4 is 5.73 Å². The Balaban J connectivity index is 2.49. The number of benzene rings is 1. The van der Waals surface area contributed by atoms with E-state index in [1.807, 2.05) is 30.3 Å². The Hall–Kier alpha value is -1.72. The monoisotopic (exact) mass is 223 g/mol. The number of ether oxygens (including phenoxy) is 1. The summed E-state index contributed by atoms with van der Waals surface area (Å²) in [5.74, 6) is -1.82. The van der Waals surface area contributed by atoms with Gasteiger partial charge in [-0.2, -0.15) is 0 Å². The standard InChI is InChI=1S/C11H13NO4/c12-9(11(15)16-10(14)7-13)6-8-4-2-1-3-5-8/h1-5,9,13H,6-7,12H2. The molecular formula is C11H13NO4. The van der Waals surface area contributed by atoms with E-state index < -0.39 is 24.6 Å². The van der Waals surface area contributed by atoms with Gasteiger partial charge in [-0.3, -0.25) is 0 Å². The lowest BCUT2D eigenvalue weighted by molar-refractivity contribution is -0.162. The van der Waals surface area contributed by atoms with Crippen LogP contribution in [0.25, 0.3) is 0 Å². The highest BCUT2D eigenvalue weighted by molar-refractivity contribution is 5.88. The van der Waals surface area contributed by atoms with Crippen LogP contribution in [0.3, 0.4) is 0 Å². The molecule has 1 unspecified atom stereocenters. The Morgan fingerprint density at radius 3 is 2.50 bits per heavy atom.